The fourth-order valence-corrected chi connectivity index (χ4v) is 2.40. The molecule has 0 aliphatic rings. The van der Waals surface area contributed by atoms with Gasteiger partial charge in [-0.3, -0.25) is 4.68 Å². The van der Waals surface area contributed by atoms with Crippen LogP contribution in [0.1, 0.15) is 18.3 Å². The van der Waals surface area contributed by atoms with Crippen LogP contribution in [-0.4, -0.2) is 43.1 Å². The van der Waals surface area contributed by atoms with Gasteiger partial charge in [-0.1, -0.05) is 6.92 Å². The number of aryl methyl sites for hydroxylation is 1. The van der Waals surface area contributed by atoms with Crippen molar-refractivity contribution in [3.05, 3.63) is 17.5 Å². The van der Waals surface area contributed by atoms with Gasteiger partial charge in [0.1, 0.15) is 5.69 Å². The van der Waals surface area contributed by atoms with Crippen molar-refractivity contribution in [3.8, 4) is 0 Å². The Hall–Kier alpha value is -1.13. The van der Waals surface area contributed by atoms with Crippen LogP contribution in [0.2, 0.25) is 0 Å². The molecule has 0 aromatic carbocycles. The Morgan fingerprint density at radius 3 is 2.48 bits per heavy atom. The van der Waals surface area contributed by atoms with Crippen molar-refractivity contribution in [2.24, 2.45) is 5.92 Å². The number of hydrogen-bond donors (Lipinski definition) is 1. The maximum absolute atomic E-state index is 12.8. The van der Waals surface area contributed by atoms with E-state index in [-0.39, 0.29) is 24.7 Å². The second-order valence-electron chi connectivity index (χ2n) is 5.09. The molecule has 1 N–H and O–H groups in total. The van der Waals surface area contributed by atoms with Gasteiger partial charge in [0, 0.05) is 27.2 Å². The number of nitrogens with zero attached hydrogens (tertiary/aromatic N) is 3. The molecular weight excluding hydrogens is 309 g/mol. The number of nitrogens with one attached hydrogen (secondary N) is 1. The van der Waals surface area contributed by atoms with Crippen molar-refractivity contribution in [2.75, 3.05) is 20.6 Å². The van der Waals surface area contributed by atoms with Gasteiger partial charge in [0.05, 0.1) is 5.69 Å². The molecule has 0 unspecified atom stereocenters. The zero-order valence-electron chi connectivity index (χ0n) is 12.3. The van der Waals surface area contributed by atoms with Crippen molar-refractivity contribution in [1.82, 2.24) is 18.8 Å². The first kappa shape index (κ1) is 17.9. The predicted octanol–water partition coefficient (Wildman–Crippen LogP) is 1.24. The van der Waals surface area contributed by atoms with Crippen LogP contribution in [0.5, 0.6) is 0 Å². The Kier molecular flexibility index (Phi) is 5.40. The molecule has 1 rings (SSSR count). The van der Waals surface area contributed by atoms with Gasteiger partial charge in [0.2, 0.25) is 0 Å². The minimum atomic E-state index is -4.48. The molecule has 0 amide bonds. The van der Waals surface area contributed by atoms with Gasteiger partial charge in [-0.05, 0) is 18.9 Å². The number of rotatable bonds is 6. The third-order valence-corrected chi connectivity index (χ3v) is 4.26. The summed E-state index contributed by atoms with van der Waals surface area (Å²) in [7, 11) is -0.854. The summed E-state index contributed by atoms with van der Waals surface area (Å²) < 4.78 is 65.7. The molecule has 0 fully saturated rings. The average molecular weight is 328 g/mol. The molecule has 1 heterocycles. The molecule has 0 spiro atoms. The van der Waals surface area contributed by atoms with Crippen LogP contribution in [0.25, 0.3) is 0 Å². The molecule has 1 aromatic rings. The van der Waals surface area contributed by atoms with Crippen molar-refractivity contribution >= 4 is 10.2 Å². The van der Waals surface area contributed by atoms with Gasteiger partial charge in [0.15, 0.2) is 0 Å². The van der Waals surface area contributed by atoms with Crippen LogP contribution in [0.3, 0.4) is 0 Å². The van der Waals surface area contributed by atoms with Crippen molar-refractivity contribution in [1.29, 1.82) is 0 Å². The summed E-state index contributed by atoms with van der Waals surface area (Å²) in [6.07, 6.45) is -4.48. The van der Waals surface area contributed by atoms with Crippen LogP contribution >= 0.6 is 0 Å². The highest BCUT2D eigenvalue weighted by Gasteiger charge is 2.35. The minimum absolute atomic E-state index is 0.0245. The Labute approximate surface area is 122 Å². The molecule has 0 saturated carbocycles. The molecule has 0 saturated heterocycles. The second-order valence-corrected chi connectivity index (χ2v) is 7.06. The normalized spacial score (nSPS) is 14.7. The van der Waals surface area contributed by atoms with Crippen LogP contribution in [0.4, 0.5) is 13.2 Å². The Balaban J connectivity index is 2.74. The third-order valence-electron chi connectivity index (χ3n) is 2.77. The lowest BCUT2D eigenvalue weighted by atomic mass is 10.2. The standard InChI is InChI=1S/C11H19F3N4O2S/c1-8(6-15-21(19,20)17(3)4)7-18-10(11(12,13)14)5-9(2)16-18/h5,8,15H,6-7H2,1-4H3/t8-/m0/s1. The van der Waals surface area contributed by atoms with Crippen LogP contribution in [-0.2, 0) is 22.9 Å². The highest BCUT2D eigenvalue weighted by molar-refractivity contribution is 7.87. The second kappa shape index (κ2) is 6.32. The quantitative estimate of drug-likeness (QED) is 0.854. The summed E-state index contributed by atoms with van der Waals surface area (Å²) in [6.45, 7) is 3.12. The summed E-state index contributed by atoms with van der Waals surface area (Å²) in [5.74, 6) is -0.347. The largest absolute Gasteiger partial charge is 0.433 e. The van der Waals surface area contributed by atoms with E-state index in [9.17, 15) is 21.6 Å². The highest BCUT2D eigenvalue weighted by atomic mass is 32.2. The first-order chi connectivity index (χ1) is 9.43. The average Bonchev–Trinajstić information content (AvgIpc) is 2.67. The zero-order valence-corrected chi connectivity index (χ0v) is 13.1. The molecule has 21 heavy (non-hydrogen) atoms. The number of alkyl halides is 3. The van der Waals surface area contributed by atoms with Gasteiger partial charge < -0.3 is 0 Å². The van der Waals surface area contributed by atoms with Crippen LogP contribution in [0.15, 0.2) is 6.07 Å². The third kappa shape index (κ3) is 4.97. The number of aromatic nitrogens is 2. The molecule has 10 heteroatoms. The summed E-state index contributed by atoms with van der Waals surface area (Å²) in [5, 5.41) is 3.81. The summed E-state index contributed by atoms with van der Waals surface area (Å²) in [5.41, 5.74) is -0.564. The topological polar surface area (TPSA) is 67.2 Å². The molecule has 6 nitrogen and oxygen atoms in total. The molecule has 122 valence electrons. The maximum atomic E-state index is 12.8. The monoisotopic (exact) mass is 328 g/mol. The minimum Gasteiger partial charge on any atom is -0.260 e. The molecule has 0 aliphatic carbocycles. The van der Waals surface area contributed by atoms with E-state index in [4.69, 9.17) is 0 Å². The number of halogens is 3. The Morgan fingerprint density at radius 2 is 2.00 bits per heavy atom. The summed E-state index contributed by atoms with van der Waals surface area (Å²) in [6, 6.07) is 0.969. The van der Waals surface area contributed by atoms with E-state index in [0.29, 0.717) is 0 Å². The first-order valence-corrected chi connectivity index (χ1v) is 7.66. The molecule has 0 aliphatic heterocycles. The van der Waals surface area contributed by atoms with Gasteiger partial charge in [0.25, 0.3) is 10.2 Å². The van der Waals surface area contributed by atoms with Crippen LogP contribution in [0, 0.1) is 12.8 Å². The molecule has 0 bridgehead atoms. The van der Waals surface area contributed by atoms with Gasteiger partial charge in [-0.15, -0.1) is 0 Å². The smallest absolute Gasteiger partial charge is 0.260 e. The Bertz CT molecular complexity index is 581. The SMILES string of the molecule is Cc1cc(C(F)(F)F)n(C[C@@H](C)CNS(=O)(=O)N(C)C)n1. The summed E-state index contributed by atoms with van der Waals surface area (Å²) in [4.78, 5) is 0. The summed E-state index contributed by atoms with van der Waals surface area (Å²) >= 11 is 0. The van der Waals surface area contributed by atoms with Gasteiger partial charge in [-0.25, -0.2) is 4.72 Å². The van der Waals surface area contributed by atoms with E-state index < -0.39 is 22.1 Å². The zero-order chi connectivity index (χ0) is 16.4. The fourth-order valence-electron chi connectivity index (χ4n) is 1.65. The fraction of sp³-hybridized carbons (Fsp3) is 0.727. The van der Waals surface area contributed by atoms with Crippen molar-refractivity contribution in [2.45, 2.75) is 26.6 Å². The number of hydrogen-bond acceptors (Lipinski definition) is 3. The molecule has 1 atom stereocenters. The van der Waals surface area contributed by atoms with E-state index in [1.807, 2.05) is 0 Å². The predicted molar refractivity (Wildman–Crippen MR) is 71.7 cm³/mol. The molecule has 0 radical (unpaired) electrons. The maximum Gasteiger partial charge on any atom is 0.433 e. The molecular formula is C11H19F3N4O2S. The van der Waals surface area contributed by atoms with Crippen molar-refractivity contribution in [3.63, 3.8) is 0 Å². The lowest BCUT2D eigenvalue weighted by Gasteiger charge is -2.17. The van der Waals surface area contributed by atoms with E-state index in [0.717, 1.165) is 15.1 Å². The van der Waals surface area contributed by atoms with E-state index in [2.05, 4.69) is 9.82 Å². The van der Waals surface area contributed by atoms with Gasteiger partial charge >= 0.3 is 6.18 Å². The van der Waals surface area contributed by atoms with E-state index in [1.165, 1.54) is 21.0 Å². The van der Waals surface area contributed by atoms with E-state index >= 15 is 0 Å². The van der Waals surface area contributed by atoms with Crippen molar-refractivity contribution < 1.29 is 21.6 Å². The lowest BCUT2D eigenvalue weighted by molar-refractivity contribution is -0.144. The van der Waals surface area contributed by atoms with Crippen LogP contribution < -0.4 is 4.72 Å². The highest BCUT2D eigenvalue weighted by Crippen LogP contribution is 2.30. The molecule has 1 aromatic heterocycles. The van der Waals surface area contributed by atoms with E-state index in [1.54, 1.807) is 6.92 Å². The lowest BCUT2D eigenvalue weighted by Crippen LogP contribution is -2.38. The Morgan fingerprint density at radius 1 is 1.43 bits per heavy atom. The first-order valence-electron chi connectivity index (χ1n) is 6.22. The van der Waals surface area contributed by atoms with Gasteiger partial charge in [-0.2, -0.15) is 31.0 Å².